The first-order valence-electron chi connectivity index (χ1n) is 29.1. The van der Waals surface area contributed by atoms with Crippen molar-refractivity contribution in [3.05, 3.63) is 85.1 Å². The minimum absolute atomic E-state index is 0.0657. The van der Waals surface area contributed by atoms with E-state index in [1.165, 1.54) is 148 Å². The molecule has 0 bridgehead atoms. The van der Waals surface area contributed by atoms with E-state index in [1.807, 2.05) is 0 Å². The molecule has 0 aliphatic rings. The van der Waals surface area contributed by atoms with Crippen LogP contribution in [0.4, 0.5) is 0 Å². The van der Waals surface area contributed by atoms with E-state index in [2.05, 4.69) is 106 Å². The Labute approximate surface area is 422 Å². The van der Waals surface area contributed by atoms with Gasteiger partial charge in [0.25, 0.3) is 0 Å². The summed E-state index contributed by atoms with van der Waals surface area (Å²) in [5.74, 6) is -0.430. The molecular formula is C63H110O5. The largest absolute Gasteiger partial charge is 0.462 e. The molecule has 0 amide bonds. The van der Waals surface area contributed by atoms with Crippen molar-refractivity contribution >= 4 is 11.9 Å². The van der Waals surface area contributed by atoms with Crippen LogP contribution in [-0.2, 0) is 23.8 Å². The number of unbranched alkanes of at least 4 members (excludes halogenated alkanes) is 28. The van der Waals surface area contributed by atoms with E-state index in [-0.39, 0.29) is 25.2 Å². The molecule has 5 nitrogen and oxygen atoms in total. The molecule has 0 aromatic heterocycles. The molecule has 0 rings (SSSR count). The normalized spacial score (nSPS) is 12.8. The predicted molar refractivity (Wildman–Crippen MR) is 297 cm³/mol. The molecule has 0 N–H and O–H groups in total. The zero-order chi connectivity index (χ0) is 49.2. The number of ether oxygens (including phenoxy) is 3. The van der Waals surface area contributed by atoms with Crippen LogP contribution >= 0.6 is 0 Å². The monoisotopic (exact) mass is 947 g/mol. The van der Waals surface area contributed by atoms with Gasteiger partial charge in [0.05, 0.1) is 6.61 Å². The van der Waals surface area contributed by atoms with Gasteiger partial charge in [-0.1, -0.05) is 234 Å². The number of carbonyl (C=O) groups excluding carboxylic acids is 2. The molecule has 0 saturated heterocycles. The van der Waals surface area contributed by atoms with Crippen LogP contribution in [0.25, 0.3) is 0 Å². The summed E-state index contributed by atoms with van der Waals surface area (Å²) in [6.07, 6.45) is 77.4. The van der Waals surface area contributed by atoms with E-state index in [1.54, 1.807) is 0 Å². The lowest BCUT2D eigenvalue weighted by molar-refractivity contribution is -0.163. The molecule has 68 heavy (non-hydrogen) atoms. The number of rotatable bonds is 53. The predicted octanol–water partition coefficient (Wildman–Crippen LogP) is 20.0. The average molecular weight is 948 g/mol. The maximum absolute atomic E-state index is 12.9. The lowest BCUT2D eigenvalue weighted by Crippen LogP contribution is -2.30. The quantitative estimate of drug-likeness (QED) is 0.0345. The molecule has 0 saturated carbocycles. The first-order valence-corrected chi connectivity index (χ1v) is 29.1. The highest BCUT2D eigenvalue weighted by molar-refractivity contribution is 5.70. The molecule has 0 fully saturated rings. The summed E-state index contributed by atoms with van der Waals surface area (Å²) in [4.78, 5) is 25.5. The Balaban J connectivity index is 4.34. The van der Waals surface area contributed by atoms with Crippen LogP contribution in [0.1, 0.15) is 278 Å². The van der Waals surface area contributed by atoms with Gasteiger partial charge in [-0.3, -0.25) is 9.59 Å². The molecule has 0 aliphatic heterocycles. The minimum Gasteiger partial charge on any atom is -0.462 e. The SMILES string of the molecule is CC/C=C\C/C=C\C/C=C\C/C=C\CCCCCCC(=O)OCC(COCCCCCCCCCC/C=C\CCCCCCCC)OC(=O)CCCCCCCCC/C=C\C/C=C\CCCCC. The third kappa shape index (κ3) is 55.7. The summed E-state index contributed by atoms with van der Waals surface area (Å²) >= 11 is 0. The first-order chi connectivity index (χ1) is 33.6. The van der Waals surface area contributed by atoms with E-state index in [4.69, 9.17) is 14.2 Å². The number of hydrogen-bond donors (Lipinski definition) is 0. The maximum atomic E-state index is 12.9. The summed E-state index contributed by atoms with van der Waals surface area (Å²) in [7, 11) is 0. The molecule has 5 heteroatoms. The number of esters is 2. The van der Waals surface area contributed by atoms with Crippen LogP contribution in [0, 0.1) is 0 Å². The van der Waals surface area contributed by atoms with Crippen molar-refractivity contribution in [2.75, 3.05) is 19.8 Å². The second-order valence-electron chi connectivity index (χ2n) is 19.2. The molecule has 1 unspecified atom stereocenters. The fourth-order valence-electron chi connectivity index (χ4n) is 8.06. The highest BCUT2D eigenvalue weighted by Gasteiger charge is 2.17. The van der Waals surface area contributed by atoms with Crippen molar-refractivity contribution in [1.29, 1.82) is 0 Å². The van der Waals surface area contributed by atoms with Gasteiger partial charge in [0, 0.05) is 19.4 Å². The van der Waals surface area contributed by atoms with Gasteiger partial charge in [-0.2, -0.15) is 0 Å². The summed E-state index contributed by atoms with van der Waals surface area (Å²) in [5, 5.41) is 0. The maximum Gasteiger partial charge on any atom is 0.306 e. The Kier molecular flexibility index (Phi) is 55.9. The van der Waals surface area contributed by atoms with Crippen molar-refractivity contribution in [3.8, 4) is 0 Å². The fraction of sp³-hybridized carbons (Fsp3) is 0.746. The summed E-state index contributed by atoms with van der Waals surface area (Å²) < 4.78 is 17.5. The summed E-state index contributed by atoms with van der Waals surface area (Å²) in [5.41, 5.74) is 0. The Bertz CT molecular complexity index is 1250. The first kappa shape index (κ1) is 65.1. The van der Waals surface area contributed by atoms with Crippen LogP contribution in [0.15, 0.2) is 85.1 Å². The summed E-state index contributed by atoms with van der Waals surface area (Å²) in [6.45, 7) is 7.67. The van der Waals surface area contributed by atoms with Gasteiger partial charge < -0.3 is 14.2 Å². The van der Waals surface area contributed by atoms with Gasteiger partial charge in [0.2, 0.25) is 0 Å². The van der Waals surface area contributed by atoms with E-state index < -0.39 is 6.10 Å². The van der Waals surface area contributed by atoms with Crippen molar-refractivity contribution in [2.24, 2.45) is 0 Å². The Morgan fingerprint density at radius 1 is 0.338 bits per heavy atom. The average Bonchev–Trinajstić information content (AvgIpc) is 3.34. The molecule has 0 spiro atoms. The highest BCUT2D eigenvalue weighted by Crippen LogP contribution is 2.14. The third-order valence-corrected chi connectivity index (χ3v) is 12.4. The number of carbonyl (C=O) groups is 2. The van der Waals surface area contributed by atoms with E-state index in [9.17, 15) is 9.59 Å². The van der Waals surface area contributed by atoms with E-state index in [0.29, 0.717) is 19.4 Å². The van der Waals surface area contributed by atoms with Crippen molar-refractivity contribution in [2.45, 2.75) is 284 Å². The van der Waals surface area contributed by atoms with Gasteiger partial charge in [-0.25, -0.2) is 0 Å². The van der Waals surface area contributed by atoms with Gasteiger partial charge in [0.15, 0.2) is 6.10 Å². The molecule has 0 aliphatic carbocycles. The second-order valence-corrected chi connectivity index (χ2v) is 19.2. The fourth-order valence-corrected chi connectivity index (χ4v) is 8.06. The molecule has 0 aromatic rings. The number of hydrogen-bond acceptors (Lipinski definition) is 5. The molecule has 1 atom stereocenters. The van der Waals surface area contributed by atoms with Gasteiger partial charge in [-0.05, 0) is 116 Å². The van der Waals surface area contributed by atoms with Crippen molar-refractivity contribution < 1.29 is 23.8 Å². The zero-order valence-corrected chi connectivity index (χ0v) is 45.1. The standard InChI is InChI=1S/C63H110O5/c1-4-7-10-13-16-19-22-25-28-31-34-37-40-43-46-49-52-55-58-66-59-61(68-63(65)57-54-51-48-45-42-39-36-33-30-27-24-21-18-15-12-9-6-3)60-67-62(64)56-53-50-47-44-41-38-35-32-29-26-23-20-17-14-11-8-5-2/h8,11,17-18,20-21,25-30,35,38,61H,4-7,9-10,12-16,19,22-24,31-34,36-37,39-60H2,1-3H3/b11-8-,20-17-,21-18-,28-25-,29-26-,30-27-,38-35-. The minimum atomic E-state index is -0.557. The van der Waals surface area contributed by atoms with Gasteiger partial charge in [-0.15, -0.1) is 0 Å². The van der Waals surface area contributed by atoms with Crippen LogP contribution < -0.4 is 0 Å². The molecule has 0 heterocycles. The van der Waals surface area contributed by atoms with Crippen LogP contribution in [0.5, 0.6) is 0 Å². The van der Waals surface area contributed by atoms with Crippen molar-refractivity contribution in [1.82, 2.24) is 0 Å². The third-order valence-electron chi connectivity index (χ3n) is 12.4. The smallest absolute Gasteiger partial charge is 0.306 e. The van der Waals surface area contributed by atoms with E-state index in [0.717, 1.165) is 96.3 Å². The Morgan fingerprint density at radius 2 is 0.662 bits per heavy atom. The lowest BCUT2D eigenvalue weighted by atomic mass is 10.1. The van der Waals surface area contributed by atoms with Crippen molar-refractivity contribution in [3.63, 3.8) is 0 Å². The molecule has 0 aromatic carbocycles. The Hall–Kier alpha value is -2.92. The molecular weight excluding hydrogens is 837 g/mol. The summed E-state index contributed by atoms with van der Waals surface area (Å²) in [6, 6.07) is 0. The van der Waals surface area contributed by atoms with Crippen LogP contribution in [-0.4, -0.2) is 37.9 Å². The molecule has 392 valence electrons. The lowest BCUT2D eigenvalue weighted by Gasteiger charge is -2.18. The number of allylic oxidation sites excluding steroid dienone is 14. The van der Waals surface area contributed by atoms with Gasteiger partial charge >= 0.3 is 11.9 Å². The Morgan fingerprint density at radius 3 is 1.10 bits per heavy atom. The second kappa shape index (κ2) is 58.4. The topological polar surface area (TPSA) is 61.8 Å². The van der Waals surface area contributed by atoms with Crippen LogP contribution in [0.3, 0.4) is 0 Å². The highest BCUT2D eigenvalue weighted by atomic mass is 16.6. The van der Waals surface area contributed by atoms with E-state index >= 15 is 0 Å². The molecule has 0 radical (unpaired) electrons. The van der Waals surface area contributed by atoms with Crippen LogP contribution in [0.2, 0.25) is 0 Å². The van der Waals surface area contributed by atoms with Gasteiger partial charge in [0.1, 0.15) is 6.61 Å². The zero-order valence-electron chi connectivity index (χ0n) is 45.1.